The predicted molar refractivity (Wildman–Crippen MR) is 122 cm³/mol. The molecule has 0 fully saturated rings. The monoisotopic (exact) mass is 443 g/mol. The van der Waals surface area contributed by atoms with Crippen molar-refractivity contribution in [3.05, 3.63) is 86.9 Å². The zero-order chi connectivity index (χ0) is 21.7. The molecule has 0 saturated carbocycles. The second kappa shape index (κ2) is 9.88. The molecule has 0 saturated heterocycles. The van der Waals surface area contributed by atoms with Crippen LogP contribution in [-0.2, 0) is 6.61 Å². The van der Waals surface area contributed by atoms with Gasteiger partial charge in [-0.1, -0.05) is 29.3 Å². The van der Waals surface area contributed by atoms with Gasteiger partial charge in [-0.2, -0.15) is 0 Å². The van der Waals surface area contributed by atoms with Crippen molar-refractivity contribution in [2.45, 2.75) is 27.4 Å². The van der Waals surface area contributed by atoms with Crippen molar-refractivity contribution in [1.29, 1.82) is 0 Å². The van der Waals surface area contributed by atoms with E-state index in [4.69, 9.17) is 32.7 Å². The number of carbonyl (C=O) groups is 1. The Kier molecular flexibility index (Phi) is 7.24. The summed E-state index contributed by atoms with van der Waals surface area (Å²) in [5.41, 5.74) is 4.05. The highest BCUT2D eigenvalue weighted by Crippen LogP contribution is 2.26. The molecule has 0 aliphatic rings. The molecule has 4 nitrogen and oxygen atoms in total. The summed E-state index contributed by atoms with van der Waals surface area (Å²) in [7, 11) is 0. The first kappa shape index (κ1) is 22.0. The van der Waals surface area contributed by atoms with Crippen LogP contribution in [0, 0.1) is 13.8 Å². The van der Waals surface area contributed by atoms with E-state index in [0.29, 0.717) is 33.7 Å². The molecule has 0 aromatic heterocycles. The average Bonchev–Trinajstić information content (AvgIpc) is 2.65. The van der Waals surface area contributed by atoms with Gasteiger partial charge >= 0.3 is 0 Å². The van der Waals surface area contributed by atoms with Crippen molar-refractivity contribution in [2.24, 2.45) is 0 Å². The largest absolute Gasteiger partial charge is 0.493 e. The number of halogens is 2. The number of nitrogens with one attached hydrogen (secondary N) is 1. The van der Waals surface area contributed by atoms with Gasteiger partial charge in [0.1, 0.15) is 18.1 Å². The lowest BCUT2D eigenvalue weighted by molar-refractivity contribution is 0.102. The van der Waals surface area contributed by atoms with E-state index in [1.54, 1.807) is 36.4 Å². The van der Waals surface area contributed by atoms with Crippen LogP contribution in [0.4, 0.5) is 5.69 Å². The van der Waals surface area contributed by atoms with E-state index in [-0.39, 0.29) is 12.5 Å². The number of hydrogen-bond donors (Lipinski definition) is 1. The minimum atomic E-state index is -0.274. The van der Waals surface area contributed by atoms with Crippen LogP contribution in [0.5, 0.6) is 11.5 Å². The Bertz CT molecular complexity index is 1030. The van der Waals surface area contributed by atoms with Gasteiger partial charge in [-0.05, 0) is 80.4 Å². The van der Waals surface area contributed by atoms with Crippen LogP contribution in [0.1, 0.15) is 34.0 Å². The second-order valence-corrected chi connectivity index (χ2v) is 7.85. The van der Waals surface area contributed by atoms with E-state index in [1.807, 2.05) is 32.9 Å². The fraction of sp³-hybridized carbons (Fsp3) is 0.208. The molecular weight excluding hydrogens is 421 g/mol. The fourth-order valence-electron chi connectivity index (χ4n) is 3.14. The highest BCUT2D eigenvalue weighted by molar-refractivity contribution is 6.35. The molecule has 0 aliphatic heterocycles. The highest BCUT2D eigenvalue weighted by atomic mass is 35.5. The number of rotatable bonds is 7. The van der Waals surface area contributed by atoms with Crippen molar-refractivity contribution < 1.29 is 14.3 Å². The number of benzene rings is 3. The van der Waals surface area contributed by atoms with Crippen molar-refractivity contribution in [3.63, 3.8) is 0 Å². The Labute approximate surface area is 186 Å². The first-order chi connectivity index (χ1) is 14.3. The maximum absolute atomic E-state index is 12.7. The van der Waals surface area contributed by atoms with Gasteiger partial charge in [-0.15, -0.1) is 0 Å². The van der Waals surface area contributed by atoms with Gasteiger partial charge in [-0.25, -0.2) is 0 Å². The molecule has 0 heterocycles. The summed E-state index contributed by atoms with van der Waals surface area (Å²) in [5, 5.41) is 3.72. The number of aryl methyl sites for hydroxylation is 2. The maximum Gasteiger partial charge on any atom is 0.255 e. The third kappa shape index (κ3) is 5.91. The van der Waals surface area contributed by atoms with Crippen molar-refractivity contribution in [1.82, 2.24) is 0 Å². The van der Waals surface area contributed by atoms with E-state index in [2.05, 4.69) is 11.4 Å². The molecule has 1 amide bonds. The van der Waals surface area contributed by atoms with Crippen molar-refractivity contribution in [2.75, 3.05) is 11.9 Å². The number of anilines is 1. The minimum absolute atomic E-state index is 0.274. The molecule has 0 atom stereocenters. The Morgan fingerprint density at radius 3 is 2.20 bits per heavy atom. The maximum atomic E-state index is 12.7. The Balaban J connectivity index is 1.81. The van der Waals surface area contributed by atoms with E-state index >= 15 is 0 Å². The van der Waals surface area contributed by atoms with Crippen molar-refractivity contribution >= 4 is 34.8 Å². The zero-order valence-corrected chi connectivity index (χ0v) is 18.6. The molecule has 0 aliphatic carbocycles. The number of ether oxygens (including phenoxy) is 2. The molecule has 30 heavy (non-hydrogen) atoms. The van der Waals surface area contributed by atoms with E-state index in [1.165, 1.54) is 0 Å². The summed E-state index contributed by atoms with van der Waals surface area (Å²) in [6, 6.07) is 16.2. The Hall–Kier alpha value is -2.69. The van der Waals surface area contributed by atoms with Crippen molar-refractivity contribution in [3.8, 4) is 11.5 Å². The standard InChI is InChI=1S/C24H23Cl2NO3/c1-4-29-23-6-5-17(24(28)27-21-12-19(25)11-20(26)13-21)10-18(23)14-30-22-8-15(2)7-16(3)9-22/h5-13H,4,14H2,1-3H3,(H,27,28). The quantitative estimate of drug-likeness (QED) is 0.434. The van der Waals surface area contributed by atoms with Gasteiger partial charge in [0.05, 0.1) is 6.61 Å². The second-order valence-electron chi connectivity index (χ2n) is 6.98. The molecule has 6 heteroatoms. The lowest BCUT2D eigenvalue weighted by atomic mass is 10.1. The molecule has 3 aromatic carbocycles. The molecular formula is C24H23Cl2NO3. The van der Waals surface area contributed by atoms with Crippen LogP contribution in [0.25, 0.3) is 0 Å². The van der Waals surface area contributed by atoms with Gasteiger partial charge in [0, 0.05) is 26.9 Å². The van der Waals surface area contributed by atoms with E-state index in [9.17, 15) is 4.79 Å². The summed E-state index contributed by atoms with van der Waals surface area (Å²) in [6.07, 6.45) is 0. The normalized spacial score (nSPS) is 10.6. The van der Waals surface area contributed by atoms with E-state index in [0.717, 1.165) is 22.4 Å². The smallest absolute Gasteiger partial charge is 0.255 e. The van der Waals surface area contributed by atoms with Gasteiger partial charge in [0.2, 0.25) is 0 Å². The van der Waals surface area contributed by atoms with E-state index < -0.39 is 0 Å². The molecule has 156 valence electrons. The van der Waals surface area contributed by atoms with Gasteiger partial charge in [0.25, 0.3) is 5.91 Å². The van der Waals surface area contributed by atoms with Crippen LogP contribution in [0.15, 0.2) is 54.6 Å². The molecule has 1 N–H and O–H groups in total. The zero-order valence-electron chi connectivity index (χ0n) is 17.1. The summed E-state index contributed by atoms with van der Waals surface area (Å²) in [6.45, 7) is 6.76. The van der Waals surface area contributed by atoms with Crippen LogP contribution in [-0.4, -0.2) is 12.5 Å². The Morgan fingerprint density at radius 1 is 0.900 bits per heavy atom. The van der Waals surface area contributed by atoms with Crippen LogP contribution < -0.4 is 14.8 Å². The fourth-order valence-corrected chi connectivity index (χ4v) is 3.66. The summed E-state index contributed by atoms with van der Waals surface area (Å²) in [4.78, 5) is 12.7. The summed E-state index contributed by atoms with van der Waals surface area (Å²) < 4.78 is 11.7. The predicted octanol–water partition coefficient (Wildman–Crippen LogP) is 6.84. The molecule has 0 bridgehead atoms. The van der Waals surface area contributed by atoms with Gasteiger partial charge in [-0.3, -0.25) is 4.79 Å². The molecule has 3 aromatic rings. The van der Waals surface area contributed by atoms with Gasteiger partial charge < -0.3 is 14.8 Å². The first-order valence-corrected chi connectivity index (χ1v) is 10.3. The highest BCUT2D eigenvalue weighted by Gasteiger charge is 2.13. The minimum Gasteiger partial charge on any atom is -0.493 e. The third-order valence-electron chi connectivity index (χ3n) is 4.33. The van der Waals surface area contributed by atoms with Crippen LogP contribution >= 0.6 is 23.2 Å². The molecule has 0 spiro atoms. The lowest BCUT2D eigenvalue weighted by Crippen LogP contribution is -2.13. The molecule has 0 radical (unpaired) electrons. The topological polar surface area (TPSA) is 47.6 Å². The number of hydrogen-bond acceptors (Lipinski definition) is 3. The average molecular weight is 444 g/mol. The number of carbonyl (C=O) groups excluding carboxylic acids is 1. The Morgan fingerprint density at radius 2 is 1.57 bits per heavy atom. The van der Waals surface area contributed by atoms with Crippen LogP contribution in [0.3, 0.4) is 0 Å². The van der Waals surface area contributed by atoms with Crippen LogP contribution in [0.2, 0.25) is 10.0 Å². The van der Waals surface area contributed by atoms with Gasteiger partial charge in [0.15, 0.2) is 0 Å². The number of amides is 1. The molecule has 0 unspecified atom stereocenters. The molecule has 3 rings (SSSR count). The summed E-state index contributed by atoms with van der Waals surface area (Å²) >= 11 is 12.0. The third-order valence-corrected chi connectivity index (χ3v) is 4.77. The SMILES string of the molecule is CCOc1ccc(C(=O)Nc2cc(Cl)cc(Cl)c2)cc1COc1cc(C)cc(C)c1. The first-order valence-electron chi connectivity index (χ1n) is 9.58. The lowest BCUT2D eigenvalue weighted by Gasteiger charge is -2.14. The summed E-state index contributed by atoms with van der Waals surface area (Å²) in [5.74, 6) is 1.19.